The van der Waals surface area contributed by atoms with Gasteiger partial charge in [-0.05, 0) is 48.1 Å². The number of para-hydroxylation sites is 1. The summed E-state index contributed by atoms with van der Waals surface area (Å²) in [6, 6.07) is 30.3. The number of rotatable bonds is 6. The highest BCUT2D eigenvalue weighted by Gasteiger charge is 2.22. The van der Waals surface area contributed by atoms with Gasteiger partial charge in [0.05, 0.1) is 16.5 Å². The predicted molar refractivity (Wildman–Crippen MR) is 154 cm³/mol. The summed E-state index contributed by atoms with van der Waals surface area (Å²) in [5.41, 5.74) is 7.00. The summed E-state index contributed by atoms with van der Waals surface area (Å²) >= 11 is 1.31. The first-order valence-corrected chi connectivity index (χ1v) is 13.2. The van der Waals surface area contributed by atoms with Crippen LogP contribution < -0.4 is 5.32 Å². The number of aromatic nitrogens is 1. The lowest BCUT2D eigenvalue weighted by atomic mass is 9.86. The summed E-state index contributed by atoms with van der Waals surface area (Å²) in [7, 11) is 0. The highest BCUT2D eigenvalue weighted by atomic mass is 32.2. The smallest absolute Gasteiger partial charge is 0.237 e. The molecule has 1 atom stereocenters. The van der Waals surface area contributed by atoms with Crippen LogP contribution in [0.2, 0.25) is 0 Å². The lowest BCUT2D eigenvalue weighted by Gasteiger charge is -2.20. The monoisotopic (exact) mass is 505 g/mol. The van der Waals surface area contributed by atoms with Crippen molar-refractivity contribution in [3.05, 3.63) is 102 Å². The second-order valence-corrected chi connectivity index (χ2v) is 11.4. The molecule has 1 N–H and O–H groups in total. The largest absolute Gasteiger partial charge is 0.325 e. The number of carbonyl (C=O) groups excluding carboxylic acids is 1. The molecule has 0 radical (unpaired) electrons. The molecular weight excluding hydrogens is 474 g/mol. The van der Waals surface area contributed by atoms with Crippen LogP contribution in [0.5, 0.6) is 0 Å². The molecule has 0 fully saturated rings. The van der Waals surface area contributed by atoms with Crippen molar-refractivity contribution in [2.75, 3.05) is 5.32 Å². The van der Waals surface area contributed by atoms with Gasteiger partial charge in [-0.15, -0.1) is 0 Å². The van der Waals surface area contributed by atoms with E-state index in [-0.39, 0.29) is 11.3 Å². The van der Waals surface area contributed by atoms with Crippen LogP contribution in [-0.4, -0.2) is 16.1 Å². The molecule has 4 aromatic rings. The number of thioether (sulfide) groups is 1. The van der Waals surface area contributed by atoms with E-state index in [1.807, 2.05) is 74.5 Å². The van der Waals surface area contributed by atoms with E-state index in [9.17, 15) is 10.1 Å². The van der Waals surface area contributed by atoms with Crippen LogP contribution in [0.25, 0.3) is 22.4 Å². The lowest BCUT2D eigenvalue weighted by Crippen LogP contribution is -2.23. The topological polar surface area (TPSA) is 65.8 Å². The minimum atomic E-state index is -0.457. The minimum absolute atomic E-state index is 0.0327. The van der Waals surface area contributed by atoms with Crippen LogP contribution in [0.4, 0.5) is 5.69 Å². The third-order valence-corrected chi connectivity index (χ3v) is 7.38. The maximum atomic E-state index is 13.1. The molecule has 0 saturated carbocycles. The van der Waals surface area contributed by atoms with Crippen molar-refractivity contribution in [1.29, 1.82) is 5.26 Å². The summed E-state index contributed by atoms with van der Waals surface area (Å²) < 4.78 is 0. The van der Waals surface area contributed by atoms with Crippen molar-refractivity contribution < 1.29 is 4.79 Å². The summed E-state index contributed by atoms with van der Waals surface area (Å²) in [5, 5.41) is 13.3. The molecule has 0 saturated heterocycles. The molecule has 0 aliphatic carbocycles. The van der Waals surface area contributed by atoms with Gasteiger partial charge in [-0.1, -0.05) is 105 Å². The Morgan fingerprint density at radius 3 is 2.22 bits per heavy atom. The van der Waals surface area contributed by atoms with Crippen molar-refractivity contribution in [3.8, 4) is 28.5 Å². The third-order valence-electron chi connectivity index (χ3n) is 6.29. The molecule has 0 bridgehead atoms. The molecule has 0 aliphatic heterocycles. The fraction of sp³-hybridized carbons (Fsp3) is 0.219. The van der Waals surface area contributed by atoms with Gasteiger partial charge in [-0.25, -0.2) is 4.98 Å². The number of aryl methyl sites for hydroxylation is 1. The van der Waals surface area contributed by atoms with Crippen LogP contribution in [-0.2, 0) is 10.2 Å². The average molecular weight is 506 g/mol. The summed E-state index contributed by atoms with van der Waals surface area (Å²) in [4.78, 5) is 17.9. The second kappa shape index (κ2) is 11.0. The van der Waals surface area contributed by atoms with Crippen LogP contribution in [0.1, 0.15) is 44.4 Å². The Hall–Kier alpha value is -3.88. The van der Waals surface area contributed by atoms with E-state index >= 15 is 0 Å². The number of pyridine rings is 1. The quantitative estimate of drug-likeness (QED) is 0.270. The fourth-order valence-electron chi connectivity index (χ4n) is 4.02. The number of amides is 1. The van der Waals surface area contributed by atoms with Gasteiger partial charge in [0.2, 0.25) is 5.91 Å². The van der Waals surface area contributed by atoms with E-state index in [1.165, 1.54) is 17.3 Å². The first-order valence-electron chi connectivity index (χ1n) is 12.3. The SMILES string of the molecule is Cc1ccccc1NC(=O)[C@H](C)Sc1nc(-c2ccccc2)cc(-c2ccc(C(C)(C)C)cc2)c1C#N. The van der Waals surface area contributed by atoms with Gasteiger partial charge in [-0.3, -0.25) is 4.79 Å². The van der Waals surface area contributed by atoms with Crippen LogP contribution >= 0.6 is 11.8 Å². The van der Waals surface area contributed by atoms with Gasteiger partial charge in [0.25, 0.3) is 0 Å². The number of hydrogen-bond donors (Lipinski definition) is 1. The van der Waals surface area contributed by atoms with Gasteiger partial charge in [0, 0.05) is 16.8 Å². The zero-order valence-electron chi connectivity index (χ0n) is 21.9. The molecule has 1 aromatic heterocycles. The van der Waals surface area contributed by atoms with Crippen LogP contribution in [0.15, 0.2) is 90.0 Å². The summed E-state index contributed by atoms with van der Waals surface area (Å²) in [6.07, 6.45) is 0. The van der Waals surface area contributed by atoms with Crippen molar-refractivity contribution >= 4 is 23.4 Å². The van der Waals surface area contributed by atoms with Gasteiger partial charge >= 0.3 is 0 Å². The molecule has 1 amide bonds. The molecular formula is C32H31N3OS. The Bertz CT molecular complexity index is 1450. The van der Waals surface area contributed by atoms with Crippen molar-refractivity contribution in [1.82, 2.24) is 4.98 Å². The number of carbonyl (C=O) groups is 1. The number of nitrogens with one attached hydrogen (secondary N) is 1. The molecule has 4 nitrogen and oxygen atoms in total. The number of hydrogen-bond acceptors (Lipinski definition) is 4. The molecule has 186 valence electrons. The van der Waals surface area contributed by atoms with E-state index in [1.54, 1.807) is 0 Å². The zero-order chi connectivity index (χ0) is 26.6. The Balaban J connectivity index is 1.75. The average Bonchev–Trinajstić information content (AvgIpc) is 2.89. The second-order valence-electron chi connectivity index (χ2n) is 10.1. The van der Waals surface area contributed by atoms with Crippen molar-refractivity contribution in [2.45, 2.75) is 50.3 Å². The van der Waals surface area contributed by atoms with E-state index in [2.05, 4.69) is 56.4 Å². The first kappa shape index (κ1) is 26.2. The van der Waals surface area contributed by atoms with Gasteiger partial charge in [0.15, 0.2) is 0 Å². The van der Waals surface area contributed by atoms with Crippen LogP contribution in [0.3, 0.4) is 0 Å². The highest BCUT2D eigenvalue weighted by molar-refractivity contribution is 8.00. The Morgan fingerprint density at radius 1 is 0.946 bits per heavy atom. The van der Waals surface area contributed by atoms with E-state index in [0.29, 0.717) is 10.6 Å². The van der Waals surface area contributed by atoms with E-state index in [0.717, 1.165) is 33.6 Å². The number of anilines is 1. The van der Waals surface area contributed by atoms with E-state index in [4.69, 9.17) is 4.98 Å². The van der Waals surface area contributed by atoms with Crippen LogP contribution in [0, 0.1) is 18.3 Å². The third kappa shape index (κ3) is 6.10. The zero-order valence-corrected chi connectivity index (χ0v) is 22.7. The molecule has 0 unspecified atom stereocenters. The Kier molecular flexibility index (Phi) is 7.80. The molecule has 37 heavy (non-hydrogen) atoms. The molecule has 0 spiro atoms. The number of nitrogens with zero attached hydrogens (tertiary/aromatic N) is 2. The normalized spacial score (nSPS) is 12.0. The fourth-order valence-corrected chi connectivity index (χ4v) is 4.94. The van der Waals surface area contributed by atoms with Gasteiger partial charge < -0.3 is 5.32 Å². The van der Waals surface area contributed by atoms with Crippen molar-refractivity contribution in [2.24, 2.45) is 0 Å². The predicted octanol–water partition coefficient (Wildman–Crippen LogP) is 8.01. The van der Waals surface area contributed by atoms with Gasteiger partial charge in [-0.2, -0.15) is 5.26 Å². The Labute approximate surface area is 223 Å². The summed E-state index contributed by atoms with van der Waals surface area (Å²) in [5.74, 6) is -0.133. The lowest BCUT2D eigenvalue weighted by molar-refractivity contribution is -0.115. The highest BCUT2D eigenvalue weighted by Crippen LogP contribution is 2.36. The number of benzene rings is 3. The van der Waals surface area contributed by atoms with E-state index < -0.39 is 5.25 Å². The minimum Gasteiger partial charge on any atom is -0.325 e. The first-order chi connectivity index (χ1) is 17.7. The summed E-state index contributed by atoms with van der Waals surface area (Å²) in [6.45, 7) is 10.3. The molecule has 1 heterocycles. The maximum absolute atomic E-state index is 13.1. The molecule has 3 aromatic carbocycles. The standard InChI is InChI=1S/C32H31N3OS/c1-21-11-9-10-14-28(21)34-30(36)22(2)37-31-27(20-33)26(19-29(35-31)24-12-7-6-8-13-24)23-15-17-25(18-16-23)32(3,4)5/h6-19,22H,1-5H3,(H,34,36)/t22-/m0/s1. The van der Waals surface area contributed by atoms with Gasteiger partial charge in [0.1, 0.15) is 11.1 Å². The van der Waals surface area contributed by atoms with Crippen molar-refractivity contribution in [3.63, 3.8) is 0 Å². The molecule has 4 rings (SSSR count). The molecule has 5 heteroatoms. The Morgan fingerprint density at radius 2 is 1.59 bits per heavy atom. The number of nitriles is 1. The molecule has 0 aliphatic rings. The maximum Gasteiger partial charge on any atom is 0.237 e.